The van der Waals surface area contributed by atoms with Crippen molar-refractivity contribution in [2.75, 3.05) is 13.1 Å². The minimum Gasteiger partial charge on any atom is -0.434 e. The minimum absolute atomic E-state index is 0. The van der Waals surface area contributed by atoms with Crippen LogP contribution in [-0.4, -0.2) is 35.6 Å². The first-order valence-corrected chi connectivity index (χ1v) is 6.57. The number of hydrogen-bond acceptors (Lipinski definition) is 5. The first-order chi connectivity index (χ1) is 9.86. The van der Waals surface area contributed by atoms with Gasteiger partial charge in [-0.25, -0.2) is 0 Å². The summed E-state index contributed by atoms with van der Waals surface area (Å²) in [5.41, 5.74) is 6.13. The highest BCUT2D eigenvalue weighted by molar-refractivity contribution is 5.85. The number of hydrogen-bond donors (Lipinski definition) is 1. The second-order valence-corrected chi connectivity index (χ2v) is 5.26. The summed E-state index contributed by atoms with van der Waals surface area (Å²) in [5.74, 6) is 0.256. The van der Waals surface area contributed by atoms with Crippen molar-refractivity contribution in [1.82, 2.24) is 4.90 Å². The summed E-state index contributed by atoms with van der Waals surface area (Å²) in [6.45, 7) is 0.678. The standard InChI is InChI=1S/C13H17F2N3O3.ClH/c1-8-5-17(7-11(8)16)6-9-4-10(18(19)20)2-3-12(9)21-13(14)15;/h2-4,8,11,13H,5-7,16H2,1H3;1H. The van der Waals surface area contributed by atoms with E-state index in [-0.39, 0.29) is 29.9 Å². The van der Waals surface area contributed by atoms with E-state index in [1.54, 1.807) is 0 Å². The molecule has 2 N–H and O–H groups in total. The predicted molar refractivity (Wildman–Crippen MR) is 79.4 cm³/mol. The Kier molecular flexibility index (Phi) is 6.46. The Hall–Kier alpha value is -1.51. The monoisotopic (exact) mass is 337 g/mol. The Morgan fingerprint density at radius 3 is 2.68 bits per heavy atom. The molecule has 1 heterocycles. The molecule has 22 heavy (non-hydrogen) atoms. The number of nitrogens with two attached hydrogens (primary N) is 1. The second kappa shape index (κ2) is 7.66. The number of ether oxygens (including phenoxy) is 1. The molecule has 1 aliphatic rings. The topological polar surface area (TPSA) is 81.6 Å². The van der Waals surface area contributed by atoms with E-state index in [0.717, 1.165) is 12.6 Å². The number of non-ortho nitro benzene ring substituents is 1. The summed E-state index contributed by atoms with van der Waals surface area (Å²) in [6.07, 6.45) is 0. The van der Waals surface area contributed by atoms with Crippen LogP contribution in [0.25, 0.3) is 0 Å². The molecule has 9 heteroatoms. The number of rotatable bonds is 5. The number of nitro groups is 1. The summed E-state index contributed by atoms with van der Waals surface area (Å²) >= 11 is 0. The van der Waals surface area contributed by atoms with E-state index in [9.17, 15) is 18.9 Å². The zero-order valence-electron chi connectivity index (χ0n) is 11.9. The van der Waals surface area contributed by atoms with Crippen molar-refractivity contribution in [2.24, 2.45) is 11.7 Å². The van der Waals surface area contributed by atoms with Gasteiger partial charge in [0.05, 0.1) is 4.92 Å². The lowest BCUT2D eigenvalue weighted by atomic mass is 10.1. The molecule has 0 radical (unpaired) electrons. The Balaban J connectivity index is 0.00000242. The lowest BCUT2D eigenvalue weighted by Gasteiger charge is -2.18. The summed E-state index contributed by atoms with van der Waals surface area (Å²) in [5, 5.41) is 10.8. The molecule has 2 rings (SSSR count). The van der Waals surface area contributed by atoms with E-state index in [1.807, 2.05) is 11.8 Å². The van der Waals surface area contributed by atoms with Crippen molar-refractivity contribution in [3.63, 3.8) is 0 Å². The Labute approximate surface area is 132 Å². The maximum atomic E-state index is 12.4. The fourth-order valence-corrected chi connectivity index (χ4v) is 2.48. The van der Waals surface area contributed by atoms with Gasteiger partial charge in [-0.2, -0.15) is 8.78 Å². The summed E-state index contributed by atoms with van der Waals surface area (Å²) in [4.78, 5) is 12.2. The van der Waals surface area contributed by atoms with Crippen LogP contribution in [0.1, 0.15) is 12.5 Å². The summed E-state index contributed by atoms with van der Waals surface area (Å²) in [6, 6.07) is 3.65. The lowest BCUT2D eigenvalue weighted by molar-refractivity contribution is -0.385. The lowest BCUT2D eigenvalue weighted by Crippen LogP contribution is -2.28. The van der Waals surface area contributed by atoms with Crippen LogP contribution in [0.5, 0.6) is 5.75 Å². The molecule has 1 saturated heterocycles. The van der Waals surface area contributed by atoms with E-state index in [0.29, 0.717) is 24.6 Å². The molecule has 1 aromatic rings. The fraction of sp³-hybridized carbons (Fsp3) is 0.538. The number of likely N-dealkylation sites (tertiary alicyclic amines) is 1. The largest absolute Gasteiger partial charge is 0.434 e. The Bertz CT molecular complexity index is 523. The van der Waals surface area contributed by atoms with Gasteiger partial charge in [0, 0.05) is 43.4 Å². The predicted octanol–water partition coefficient (Wildman–Crippen LogP) is 2.40. The first-order valence-electron chi connectivity index (χ1n) is 6.57. The smallest absolute Gasteiger partial charge is 0.387 e. The molecule has 0 aromatic heterocycles. The van der Waals surface area contributed by atoms with Gasteiger partial charge in [0.2, 0.25) is 0 Å². The molecule has 2 atom stereocenters. The molecule has 1 aliphatic heterocycles. The van der Waals surface area contributed by atoms with Crippen LogP contribution < -0.4 is 10.5 Å². The van der Waals surface area contributed by atoms with Crippen LogP contribution in [0.3, 0.4) is 0 Å². The Morgan fingerprint density at radius 2 is 2.18 bits per heavy atom. The van der Waals surface area contributed by atoms with Gasteiger partial charge in [-0.3, -0.25) is 15.0 Å². The molecule has 6 nitrogen and oxygen atoms in total. The van der Waals surface area contributed by atoms with Gasteiger partial charge in [0.15, 0.2) is 0 Å². The van der Waals surface area contributed by atoms with E-state index >= 15 is 0 Å². The van der Waals surface area contributed by atoms with Gasteiger partial charge in [-0.05, 0) is 12.0 Å². The van der Waals surface area contributed by atoms with Crippen LogP contribution in [0.2, 0.25) is 0 Å². The highest BCUT2D eigenvalue weighted by atomic mass is 35.5. The normalized spacial score (nSPS) is 21.7. The number of alkyl halides is 2. The molecular weight excluding hydrogens is 320 g/mol. The molecule has 1 fully saturated rings. The SMILES string of the molecule is CC1CN(Cc2cc([N+](=O)[O-])ccc2OC(F)F)CC1N.Cl. The van der Waals surface area contributed by atoms with Crippen LogP contribution in [0.4, 0.5) is 14.5 Å². The third kappa shape index (κ3) is 4.49. The highest BCUT2D eigenvalue weighted by Gasteiger charge is 2.27. The molecule has 0 saturated carbocycles. The van der Waals surface area contributed by atoms with E-state index < -0.39 is 11.5 Å². The van der Waals surface area contributed by atoms with Crippen molar-refractivity contribution < 1.29 is 18.4 Å². The zero-order chi connectivity index (χ0) is 15.6. The molecule has 124 valence electrons. The van der Waals surface area contributed by atoms with Gasteiger partial charge in [-0.1, -0.05) is 6.92 Å². The second-order valence-electron chi connectivity index (χ2n) is 5.26. The maximum Gasteiger partial charge on any atom is 0.387 e. The highest BCUT2D eigenvalue weighted by Crippen LogP contribution is 2.28. The fourth-order valence-electron chi connectivity index (χ4n) is 2.48. The van der Waals surface area contributed by atoms with Gasteiger partial charge < -0.3 is 10.5 Å². The van der Waals surface area contributed by atoms with Crippen molar-refractivity contribution in [1.29, 1.82) is 0 Å². The average Bonchev–Trinajstić information content (AvgIpc) is 2.69. The van der Waals surface area contributed by atoms with Gasteiger partial charge in [0.1, 0.15) is 5.75 Å². The maximum absolute atomic E-state index is 12.4. The van der Waals surface area contributed by atoms with Crippen molar-refractivity contribution in [2.45, 2.75) is 26.1 Å². The number of nitrogens with zero attached hydrogens (tertiary/aromatic N) is 2. The number of halogens is 3. The van der Waals surface area contributed by atoms with Crippen LogP contribution in [0, 0.1) is 16.0 Å². The van der Waals surface area contributed by atoms with E-state index in [2.05, 4.69) is 4.74 Å². The number of nitro benzene ring substituents is 1. The molecule has 1 aromatic carbocycles. The third-order valence-corrected chi connectivity index (χ3v) is 3.61. The molecule has 0 amide bonds. The van der Waals surface area contributed by atoms with Crippen molar-refractivity contribution in [3.8, 4) is 5.75 Å². The van der Waals surface area contributed by atoms with Crippen LogP contribution in [0.15, 0.2) is 18.2 Å². The number of benzene rings is 1. The molecule has 0 bridgehead atoms. The Morgan fingerprint density at radius 1 is 1.50 bits per heavy atom. The average molecular weight is 338 g/mol. The van der Waals surface area contributed by atoms with Crippen LogP contribution >= 0.6 is 12.4 Å². The van der Waals surface area contributed by atoms with Gasteiger partial charge >= 0.3 is 6.61 Å². The van der Waals surface area contributed by atoms with Gasteiger partial charge in [-0.15, -0.1) is 12.4 Å². The first kappa shape index (κ1) is 18.5. The minimum atomic E-state index is -2.97. The molecule has 0 spiro atoms. The quantitative estimate of drug-likeness (QED) is 0.659. The zero-order valence-corrected chi connectivity index (χ0v) is 12.8. The summed E-state index contributed by atoms with van der Waals surface area (Å²) in [7, 11) is 0. The van der Waals surface area contributed by atoms with Crippen molar-refractivity contribution >= 4 is 18.1 Å². The molecule has 2 unspecified atom stereocenters. The van der Waals surface area contributed by atoms with E-state index in [1.165, 1.54) is 12.1 Å². The van der Waals surface area contributed by atoms with Gasteiger partial charge in [0.25, 0.3) is 5.69 Å². The van der Waals surface area contributed by atoms with Crippen molar-refractivity contribution in [3.05, 3.63) is 33.9 Å². The molecular formula is C13H18ClF2N3O3. The summed E-state index contributed by atoms with van der Waals surface area (Å²) < 4.78 is 29.2. The molecule has 0 aliphatic carbocycles. The third-order valence-electron chi connectivity index (χ3n) is 3.61. The van der Waals surface area contributed by atoms with E-state index in [4.69, 9.17) is 5.73 Å². The van der Waals surface area contributed by atoms with Crippen LogP contribution in [-0.2, 0) is 6.54 Å².